The Kier molecular flexibility index (Phi) is 8.95. The van der Waals surface area contributed by atoms with Gasteiger partial charge in [-0.15, -0.1) is 0 Å². The molecule has 0 aromatic heterocycles. The summed E-state index contributed by atoms with van der Waals surface area (Å²) in [4.78, 5) is 0. The van der Waals surface area contributed by atoms with E-state index in [2.05, 4.69) is 37.9 Å². The first-order valence-corrected chi connectivity index (χ1v) is 6.00. The van der Waals surface area contributed by atoms with E-state index in [1.807, 2.05) is 19.1 Å². The van der Waals surface area contributed by atoms with Crippen LogP contribution in [0.4, 0.5) is 0 Å². The van der Waals surface area contributed by atoms with Crippen molar-refractivity contribution >= 4 is 0 Å². The van der Waals surface area contributed by atoms with Gasteiger partial charge in [0.05, 0.1) is 0 Å². The third-order valence-electron chi connectivity index (χ3n) is 2.29. The Hall–Kier alpha value is -0.980. The first-order valence-electron chi connectivity index (χ1n) is 6.00. The highest BCUT2D eigenvalue weighted by Crippen LogP contribution is 2.07. The van der Waals surface area contributed by atoms with Crippen LogP contribution in [0.3, 0.4) is 0 Å². The van der Waals surface area contributed by atoms with Crippen molar-refractivity contribution in [2.45, 2.75) is 52.5 Å². The van der Waals surface area contributed by atoms with Crippen LogP contribution in [0.5, 0.6) is 0 Å². The minimum Gasteiger partial charge on any atom is -0.382 e. The summed E-state index contributed by atoms with van der Waals surface area (Å²) in [6, 6.07) is 0.599. The molecule has 0 bridgehead atoms. The smallest absolute Gasteiger partial charge is 0.0338 e. The number of nitrogens with one attached hydrogen (secondary N) is 1. The van der Waals surface area contributed by atoms with E-state index in [4.69, 9.17) is 0 Å². The molecule has 0 aliphatic rings. The van der Waals surface area contributed by atoms with Crippen molar-refractivity contribution in [3.63, 3.8) is 0 Å². The fourth-order valence-corrected chi connectivity index (χ4v) is 1.68. The fraction of sp³-hybridized carbons (Fsp3) is 0.571. The van der Waals surface area contributed by atoms with Gasteiger partial charge in [0.1, 0.15) is 0 Å². The maximum absolute atomic E-state index is 3.73. The van der Waals surface area contributed by atoms with Crippen LogP contribution in [0.15, 0.2) is 36.6 Å². The van der Waals surface area contributed by atoms with Gasteiger partial charge in [0, 0.05) is 11.7 Å². The first-order chi connectivity index (χ1) is 7.28. The highest BCUT2D eigenvalue weighted by atomic mass is 14.9. The summed E-state index contributed by atoms with van der Waals surface area (Å²) in [5.41, 5.74) is 1.17. The Morgan fingerprint density at radius 2 is 1.87 bits per heavy atom. The Balaban J connectivity index is 4.31. The second-order valence-corrected chi connectivity index (χ2v) is 3.78. The molecule has 1 nitrogen and oxygen atoms in total. The van der Waals surface area contributed by atoms with E-state index in [1.54, 1.807) is 0 Å². The molecule has 0 saturated carbocycles. The summed E-state index contributed by atoms with van der Waals surface area (Å²) in [7, 11) is 0. The van der Waals surface area contributed by atoms with Gasteiger partial charge >= 0.3 is 0 Å². The van der Waals surface area contributed by atoms with Gasteiger partial charge in [0.15, 0.2) is 0 Å². The molecule has 0 atom stereocenters. The van der Waals surface area contributed by atoms with E-state index in [9.17, 15) is 0 Å². The van der Waals surface area contributed by atoms with E-state index in [1.165, 1.54) is 31.4 Å². The summed E-state index contributed by atoms with van der Waals surface area (Å²) in [5.74, 6) is 0. The standard InChI is InChI=1S/C14H25N/c1-5-9-13(10-6-2)15-14(11-7-3)12-8-4/h5-6,9-10,14-15H,1,7-8,11-12H2,2-4H3/b10-6-,13-9+. The largest absolute Gasteiger partial charge is 0.382 e. The van der Waals surface area contributed by atoms with Gasteiger partial charge in [-0.05, 0) is 31.9 Å². The quantitative estimate of drug-likeness (QED) is 0.588. The van der Waals surface area contributed by atoms with Crippen molar-refractivity contribution in [1.82, 2.24) is 5.32 Å². The molecule has 0 saturated heterocycles. The number of allylic oxidation sites excluding steroid dienone is 4. The molecule has 0 fully saturated rings. The highest BCUT2D eigenvalue weighted by Gasteiger charge is 2.05. The SMILES string of the molecule is C=C/C=C(\C=C/C)NC(CCC)CCC. The Labute approximate surface area is 95.0 Å². The van der Waals surface area contributed by atoms with Gasteiger partial charge in [-0.1, -0.05) is 45.4 Å². The summed E-state index contributed by atoms with van der Waals surface area (Å²) in [5, 5.41) is 3.56. The molecule has 0 amide bonds. The van der Waals surface area contributed by atoms with Crippen LogP contribution < -0.4 is 5.32 Å². The minimum absolute atomic E-state index is 0.599. The zero-order valence-corrected chi connectivity index (χ0v) is 10.4. The lowest BCUT2D eigenvalue weighted by Gasteiger charge is -2.19. The molecule has 0 rings (SSSR count). The number of hydrogen-bond donors (Lipinski definition) is 1. The Bertz CT molecular complexity index is 207. The van der Waals surface area contributed by atoms with Crippen molar-refractivity contribution in [3.8, 4) is 0 Å². The van der Waals surface area contributed by atoms with Crippen molar-refractivity contribution in [3.05, 3.63) is 36.6 Å². The second-order valence-electron chi connectivity index (χ2n) is 3.78. The molecule has 0 spiro atoms. The maximum Gasteiger partial charge on any atom is 0.0338 e. The van der Waals surface area contributed by atoms with Crippen molar-refractivity contribution in [1.29, 1.82) is 0 Å². The van der Waals surface area contributed by atoms with Crippen LogP contribution in [-0.2, 0) is 0 Å². The molecule has 0 aromatic carbocycles. The van der Waals surface area contributed by atoms with Crippen LogP contribution in [-0.4, -0.2) is 6.04 Å². The third-order valence-corrected chi connectivity index (χ3v) is 2.29. The van der Waals surface area contributed by atoms with Crippen molar-refractivity contribution in [2.24, 2.45) is 0 Å². The van der Waals surface area contributed by atoms with Gasteiger partial charge in [-0.2, -0.15) is 0 Å². The fourth-order valence-electron chi connectivity index (χ4n) is 1.68. The van der Waals surface area contributed by atoms with E-state index in [-0.39, 0.29) is 0 Å². The molecule has 0 aliphatic heterocycles. The second kappa shape index (κ2) is 9.57. The molecule has 0 aliphatic carbocycles. The van der Waals surface area contributed by atoms with Crippen LogP contribution in [0.2, 0.25) is 0 Å². The van der Waals surface area contributed by atoms with Gasteiger partial charge in [-0.25, -0.2) is 0 Å². The average molecular weight is 207 g/mol. The van der Waals surface area contributed by atoms with Crippen LogP contribution in [0.25, 0.3) is 0 Å². The number of rotatable bonds is 8. The molecule has 0 aromatic rings. The van der Waals surface area contributed by atoms with E-state index in [0.717, 1.165) is 0 Å². The van der Waals surface area contributed by atoms with Crippen LogP contribution in [0.1, 0.15) is 46.5 Å². The maximum atomic E-state index is 3.73. The van der Waals surface area contributed by atoms with Crippen molar-refractivity contribution in [2.75, 3.05) is 0 Å². The zero-order valence-electron chi connectivity index (χ0n) is 10.4. The van der Waals surface area contributed by atoms with Crippen LogP contribution >= 0.6 is 0 Å². The third kappa shape index (κ3) is 7.01. The Morgan fingerprint density at radius 1 is 1.27 bits per heavy atom. The number of hydrogen-bond acceptors (Lipinski definition) is 1. The summed E-state index contributed by atoms with van der Waals surface area (Å²) < 4.78 is 0. The molecule has 1 heteroatoms. The lowest BCUT2D eigenvalue weighted by molar-refractivity contribution is 0.486. The molecule has 86 valence electrons. The molecule has 0 unspecified atom stereocenters. The summed E-state index contributed by atoms with van der Waals surface area (Å²) in [6.07, 6.45) is 12.9. The molecule has 1 N–H and O–H groups in total. The van der Waals surface area contributed by atoms with E-state index >= 15 is 0 Å². The van der Waals surface area contributed by atoms with Crippen LogP contribution in [0, 0.1) is 0 Å². The minimum atomic E-state index is 0.599. The lowest BCUT2D eigenvalue weighted by atomic mass is 10.1. The van der Waals surface area contributed by atoms with Gasteiger partial charge in [0.2, 0.25) is 0 Å². The average Bonchev–Trinajstić information content (AvgIpc) is 2.19. The topological polar surface area (TPSA) is 12.0 Å². The molecular weight excluding hydrogens is 182 g/mol. The zero-order chi connectivity index (χ0) is 11.5. The summed E-state index contributed by atoms with van der Waals surface area (Å²) >= 11 is 0. The summed E-state index contributed by atoms with van der Waals surface area (Å²) in [6.45, 7) is 10.2. The lowest BCUT2D eigenvalue weighted by Crippen LogP contribution is -2.27. The van der Waals surface area contributed by atoms with Gasteiger partial charge in [-0.3, -0.25) is 0 Å². The molecule has 15 heavy (non-hydrogen) atoms. The molecular formula is C14H25N. The monoisotopic (exact) mass is 207 g/mol. The van der Waals surface area contributed by atoms with Gasteiger partial charge < -0.3 is 5.32 Å². The van der Waals surface area contributed by atoms with E-state index < -0.39 is 0 Å². The first kappa shape index (κ1) is 14.0. The predicted octanol–water partition coefficient (Wildman–Crippen LogP) is 4.19. The molecule has 0 heterocycles. The van der Waals surface area contributed by atoms with Gasteiger partial charge in [0.25, 0.3) is 0 Å². The molecule has 0 radical (unpaired) electrons. The predicted molar refractivity (Wildman–Crippen MR) is 69.8 cm³/mol. The van der Waals surface area contributed by atoms with Crippen molar-refractivity contribution < 1.29 is 0 Å². The highest BCUT2D eigenvalue weighted by molar-refractivity contribution is 5.21. The normalized spacial score (nSPS) is 12.4. The Morgan fingerprint density at radius 3 is 2.27 bits per heavy atom. The van der Waals surface area contributed by atoms with E-state index in [0.29, 0.717) is 6.04 Å².